The van der Waals surface area contributed by atoms with Crippen LogP contribution >= 0.6 is 0 Å². The summed E-state index contributed by atoms with van der Waals surface area (Å²) in [5.41, 5.74) is 1.35. The number of carbonyl (C=O) groups excluding carboxylic acids is 2. The van der Waals surface area contributed by atoms with E-state index in [0.717, 1.165) is 9.87 Å². The zero-order valence-corrected chi connectivity index (χ0v) is 18.1. The van der Waals surface area contributed by atoms with Crippen molar-refractivity contribution in [2.75, 3.05) is 14.1 Å². The van der Waals surface area contributed by atoms with Gasteiger partial charge in [0.15, 0.2) is 0 Å². The van der Waals surface area contributed by atoms with Gasteiger partial charge in [-0.25, -0.2) is 12.7 Å². The van der Waals surface area contributed by atoms with E-state index >= 15 is 0 Å². The van der Waals surface area contributed by atoms with Crippen LogP contribution in [0.15, 0.2) is 53.4 Å². The monoisotopic (exact) mass is 417 g/mol. The van der Waals surface area contributed by atoms with E-state index in [2.05, 4.69) is 10.6 Å². The van der Waals surface area contributed by atoms with E-state index in [1.807, 2.05) is 20.8 Å². The number of nitrogens with one attached hydrogen (secondary N) is 2. The molecule has 2 rings (SSSR count). The Morgan fingerprint density at radius 2 is 1.34 bits per heavy atom. The Labute approximate surface area is 172 Å². The molecule has 2 aromatic carbocycles. The summed E-state index contributed by atoms with van der Waals surface area (Å²) in [6.45, 7) is 5.95. The number of amides is 2. The third-order valence-corrected chi connectivity index (χ3v) is 5.88. The molecule has 0 spiro atoms. The Morgan fingerprint density at radius 3 is 1.79 bits per heavy atom. The quantitative estimate of drug-likeness (QED) is 0.754. The van der Waals surface area contributed by atoms with Crippen molar-refractivity contribution in [1.82, 2.24) is 14.9 Å². The second kappa shape index (κ2) is 8.75. The topological polar surface area (TPSA) is 95.6 Å². The molecule has 8 heteroatoms. The van der Waals surface area contributed by atoms with Crippen LogP contribution in [0.3, 0.4) is 0 Å². The first-order chi connectivity index (χ1) is 13.4. The lowest BCUT2D eigenvalue weighted by Crippen LogP contribution is -2.40. The maximum absolute atomic E-state index is 12.3. The van der Waals surface area contributed by atoms with Gasteiger partial charge in [0.25, 0.3) is 11.8 Å². The Balaban J connectivity index is 1.98. The second-order valence-electron chi connectivity index (χ2n) is 7.90. The number of nitrogens with zero attached hydrogens (tertiary/aromatic N) is 1. The standard InChI is InChI=1S/C21H27N3O4S/c1-21(2,3)23-20(26)17-10-8-16(9-11-17)19(25)22-14-15-6-12-18(13-7-15)29(27,28)24(4)5/h6-13H,14H2,1-5H3,(H,22,25)(H,23,26). The minimum absolute atomic E-state index is 0.196. The van der Waals surface area contributed by atoms with Gasteiger partial charge in [0.2, 0.25) is 10.0 Å². The lowest BCUT2D eigenvalue weighted by molar-refractivity contribution is 0.0915. The molecule has 0 aliphatic heterocycles. The van der Waals surface area contributed by atoms with Crippen LogP contribution in [0.25, 0.3) is 0 Å². The van der Waals surface area contributed by atoms with Crippen LogP contribution in [0.5, 0.6) is 0 Å². The van der Waals surface area contributed by atoms with Gasteiger partial charge in [-0.05, 0) is 62.7 Å². The van der Waals surface area contributed by atoms with E-state index < -0.39 is 10.0 Å². The molecule has 0 atom stereocenters. The van der Waals surface area contributed by atoms with Gasteiger partial charge in [-0.1, -0.05) is 12.1 Å². The highest BCUT2D eigenvalue weighted by atomic mass is 32.2. The van der Waals surface area contributed by atoms with Crippen molar-refractivity contribution in [3.63, 3.8) is 0 Å². The molecule has 0 aliphatic rings. The zero-order valence-electron chi connectivity index (χ0n) is 17.3. The summed E-state index contributed by atoms with van der Waals surface area (Å²) >= 11 is 0. The summed E-state index contributed by atoms with van der Waals surface area (Å²) in [6.07, 6.45) is 0. The van der Waals surface area contributed by atoms with Crippen molar-refractivity contribution >= 4 is 21.8 Å². The van der Waals surface area contributed by atoms with E-state index in [-0.39, 0.29) is 28.8 Å². The number of hydrogen-bond donors (Lipinski definition) is 2. The van der Waals surface area contributed by atoms with Crippen molar-refractivity contribution in [1.29, 1.82) is 0 Å². The SMILES string of the molecule is CN(C)S(=O)(=O)c1ccc(CNC(=O)c2ccc(C(=O)NC(C)(C)C)cc2)cc1. The highest BCUT2D eigenvalue weighted by Crippen LogP contribution is 2.14. The molecular weight excluding hydrogens is 390 g/mol. The number of rotatable bonds is 6. The molecule has 156 valence electrons. The van der Waals surface area contributed by atoms with Gasteiger partial charge in [-0.2, -0.15) is 0 Å². The van der Waals surface area contributed by atoms with Gasteiger partial charge in [0.05, 0.1) is 4.90 Å². The minimum atomic E-state index is -3.48. The first-order valence-electron chi connectivity index (χ1n) is 9.12. The van der Waals surface area contributed by atoms with Gasteiger partial charge in [-0.3, -0.25) is 9.59 Å². The normalized spacial score (nSPS) is 11.9. The molecule has 0 unspecified atom stereocenters. The average Bonchev–Trinajstić information content (AvgIpc) is 2.65. The van der Waals surface area contributed by atoms with Gasteiger partial charge < -0.3 is 10.6 Å². The van der Waals surface area contributed by atoms with Crippen LogP contribution in [-0.2, 0) is 16.6 Å². The highest BCUT2D eigenvalue weighted by Gasteiger charge is 2.17. The molecule has 2 N–H and O–H groups in total. The third kappa shape index (κ3) is 6.13. The summed E-state index contributed by atoms with van der Waals surface area (Å²) in [4.78, 5) is 24.7. The zero-order chi connectivity index (χ0) is 21.8. The molecule has 0 heterocycles. The van der Waals surface area contributed by atoms with Crippen LogP contribution in [0, 0.1) is 0 Å². The maximum atomic E-state index is 12.3. The number of sulfonamides is 1. The summed E-state index contributed by atoms with van der Waals surface area (Å²) in [5.74, 6) is -0.477. The van der Waals surface area contributed by atoms with Crippen LogP contribution in [0.2, 0.25) is 0 Å². The van der Waals surface area contributed by atoms with E-state index in [1.165, 1.54) is 26.2 Å². The maximum Gasteiger partial charge on any atom is 0.251 e. The predicted octanol–water partition coefficient (Wildman–Crippen LogP) is 2.40. The first kappa shape index (κ1) is 22.6. The Hall–Kier alpha value is -2.71. The largest absolute Gasteiger partial charge is 0.348 e. The van der Waals surface area contributed by atoms with E-state index in [0.29, 0.717) is 11.1 Å². The van der Waals surface area contributed by atoms with Gasteiger partial charge in [0, 0.05) is 37.3 Å². The van der Waals surface area contributed by atoms with Crippen LogP contribution < -0.4 is 10.6 Å². The molecule has 0 aromatic heterocycles. The van der Waals surface area contributed by atoms with E-state index in [4.69, 9.17) is 0 Å². The lowest BCUT2D eigenvalue weighted by Gasteiger charge is -2.20. The molecule has 0 radical (unpaired) electrons. The van der Waals surface area contributed by atoms with Crippen molar-refractivity contribution in [3.8, 4) is 0 Å². The highest BCUT2D eigenvalue weighted by molar-refractivity contribution is 7.89. The molecule has 0 saturated carbocycles. The predicted molar refractivity (Wildman–Crippen MR) is 112 cm³/mol. The van der Waals surface area contributed by atoms with Crippen molar-refractivity contribution < 1.29 is 18.0 Å². The fraction of sp³-hybridized carbons (Fsp3) is 0.333. The molecule has 2 aromatic rings. The number of carbonyl (C=O) groups is 2. The molecule has 0 fully saturated rings. The average molecular weight is 418 g/mol. The fourth-order valence-corrected chi connectivity index (χ4v) is 3.36. The van der Waals surface area contributed by atoms with Crippen molar-refractivity contribution in [3.05, 3.63) is 65.2 Å². The van der Waals surface area contributed by atoms with E-state index in [1.54, 1.807) is 36.4 Å². The molecule has 0 bridgehead atoms. The van der Waals surface area contributed by atoms with Crippen LogP contribution in [-0.4, -0.2) is 44.2 Å². The van der Waals surface area contributed by atoms with Gasteiger partial charge in [-0.15, -0.1) is 0 Å². The van der Waals surface area contributed by atoms with Crippen molar-refractivity contribution in [2.24, 2.45) is 0 Å². The first-order valence-corrected chi connectivity index (χ1v) is 10.6. The number of hydrogen-bond acceptors (Lipinski definition) is 4. The summed E-state index contributed by atoms with van der Waals surface area (Å²) in [6, 6.07) is 12.8. The number of benzene rings is 2. The van der Waals surface area contributed by atoms with E-state index in [9.17, 15) is 18.0 Å². The molecule has 0 saturated heterocycles. The Kier molecular flexibility index (Phi) is 6.81. The molecule has 7 nitrogen and oxygen atoms in total. The smallest absolute Gasteiger partial charge is 0.251 e. The molecule has 0 aliphatic carbocycles. The molecule has 2 amide bonds. The van der Waals surface area contributed by atoms with Crippen LogP contribution in [0.1, 0.15) is 47.1 Å². The van der Waals surface area contributed by atoms with Crippen molar-refractivity contribution in [2.45, 2.75) is 37.8 Å². The van der Waals surface area contributed by atoms with Crippen LogP contribution in [0.4, 0.5) is 0 Å². The summed E-state index contributed by atoms with van der Waals surface area (Å²) < 4.78 is 25.3. The molecular formula is C21H27N3O4S. The minimum Gasteiger partial charge on any atom is -0.348 e. The summed E-state index contributed by atoms with van der Waals surface area (Å²) in [5, 5.41) is 5.65. The van der Waals surface area contributed by atoms with Gasteiger partial charge in [0.1, 0.15) is 0 Å². The molecule has 29 heavy (non-hydrogen) atoms. The summed E-state index contributed by atoms with van der Waals surface area (Å²) in [7, 11) is -0.530. The fourth-order valence-electron chi connectivity index (χ4n) is 2.46. The third-order valence-electron chi connectivity index (χ3n) is 4.05. The second-order valence-corrected chi connectivity index (χ2v) is 10.0. The Bertz CT molecular complexity index is 974. The van der Waals surface area contributed by atoms with Gasteiger partial charge >= 0.3 is 0 Å². The Morgan fingerprint density at radius 1 is 0.862 bits per heavy atom. The lowest BCUT2D eigenvalue weighted by atomic mass is 10.1.